The van der Waals surface area contributed by atoms with Crippen LogP contribution < -0.4 is 0 Å². The molecule has 0 aliphatic carbocycles. The van der Waals surface area contributed by atoms with Crippen molar-refractivity contribution < 1.29 is 9.32 Å². The summed E-state index contributed by atoms with van der Waals surface area (Å²) in [4.78, 5) is 22.7. The number of rotatable bonds is 4. The molecule has 0 N–H and O–H groups in total. The summed E-state index contributed by atoms with van der Waals surface area (Å²) in [5, 5.41) is 12.0. The number of nitrogens with zero attached hydrogens (tertiary/aromatic N) is 6. The van der Waals surface area contributed by atoms with Crippen LogP contribution in [0.3, 0.4) is 0 Å². The number of pyridine rings is 1. The molecule has 8 heteroatoms. The topological polar surface area (TPSA) is 97.9 Å². The number of amides is 1. The van der Waals surface area contributed by atoms with E-state index in [-0.39, 0.29) is 11.8 Å². The van der Waals surface area contributed by atoms with Crippen molar-refractivity contribution in [1.29, 1.82) is 0 Å². The number of carbonyl (C=O) groups excluding carboxylic acids is 1. The van der Waals surface area contributed by atoms with Gasteiger partial charge in [-0.15, -0.1) is 5.10 Å². The average molecular weight is 336 g/mol. The van der Waals surface area contributed by atoms with Gasteiger partial charge in [-0.3, -0.25) is 9.78 Å². The number of hydrogen-bond acceptors (Lipinski definition) is 7. The van der Waals surface area contributed by atoms with Crippen LogP contribution in [0.25, 0.3) is 11.5 Å². The Hall–Kier alpha value is -3.16. The minimum absolute atomic E-state index is 0.0607. The second-order valence-electron chi connectivity index (χ2n) is 6.01. The Morgan fingerprint density at radius 1 is 1.24 bits per heavy atom. The molecule has 0 spiro atoms. The molecule has 1 fully saturated rings. The zero-order valence-corrected chi connectivity index (χ0v) is 13.7. The Balaban J connectivity index is 1.48. The fourth-order valence-electron chi connectivity index (χ4n) is 2.80. The first-order chi connectivity index (χ1) is 12.2. The summed E-state index contributed by atoms with van der Waals surface area (Å²) in [6, 6.07) is 9.30. The van der Waals surface area contributed by atoms with Gasteiger partial charge in [-0.25, -0.2) is 0 Å². The molecule has 25 heavy (non-hydrogen) atoms. The zero-order chi connectivity index (χ0) is 17.2. The van der Waals surface area contributed by atoms with Crippen molar-refractivity contribution in [2.45, 2.75) is 25.8 Å². The first-order valence-corrected chi connectivity index (χ1v) is 8.01. The largest absolute Gasteiger partial charge is 0.339 e. The third-order valence-electron chi connectivity index (χ3n) is 4.11. The summed E-state index contributed by atoms with van der Waals surface area (Å²) in [6.07, 6.45) is 2.08. The lowest BCUT2D eigenvalue weighted by atomic mass is 10.1. The molecule has 1 aliphatic rings. The Kier molecular flexibility index (Phi) is 3.93. The predicted molar refractivity (Wildman–Crippen MR) is 87.1 cm³/mol. The van der Waals surface area contributed by atoms with E-state index in [4.69, 9.17) is 4.52 Å². The van der Waals surface area contributed by atoms with Gasteiger partial charge in [0.05, 0.1) is 23.9 Å². The zero-order valence-electron chi connectivity index (χ0n) is 13.7. The normalized spacial score (nSPS) is 17.2. The molecule has 3 aromatic rings. The Morgan fingerprint density at radius 3 is 2.92 bits per heavy atom. The average Bonchev–Trinajstić information content (AvgIpc) is 3.24. The van der Waals surface area contributed by atoms with Crippen LogP contribution in [0.2, 0.25) is 0 Å². The standard InChI is InChI=1S/C17H16N6O2/c1-11-5-6-14(21-20-11)16-19-17(25-22-16)12-8-15(24)23(9-12)10-13-4-2-3-7-18-13/h2-7,12H,8-10H2,1H3/t12-/m0/s1. The van der Waals surface area contributed by atoms with Gasteiger partial charge in [-0.1, -0.05) is 11.2 Å². The van der Waals surface area contributed by atoms with E-state index < -0.39 is 0 Å². The van der Waals surface area contributed by atoms with Gasteiger partial charge in [0.15, 0.2) is 0 Å². The van der Waals surface area contributed by atoms with Gasteiger partial charge in [0, 0.05) is 19.2 Å². The van der Waals surface area contributed by atoms with E-state index in [1.54, 1.807) is 17.2 Å². The number of aromatic nitrogens is 5. The third kappa shape index (κ3) is 3.23. The van der Waals surface area contributed by atoms with E-state index in [1.807, 2.05) is 31.2 Å². The van der Waals surface area contributed by atoms with E-state index in [1.165, 1.54) is 0 Å². The molecule has 0 radical (unpaired) electrons. The van der Waals surface area contributed by atoms with Gasteiger partial charge in [-0.2, -0.15) is 10.1 Å². The van der Waals surface area contributed by atoms with Gasteiger partial charge in [-0.05, 0) is 31.2 Å². The molecule has 0 aromatic carbocycles. The highest BCUT2D eigenvalue weighted by atomic mass is 16.5. The second kappa shape index (κ2) is 6.39. The second-order valence-corrected chi connectivity index (χ2v) is 6.01. The molecular formula is C17H16N6O2. The number of likely N-dealkylation sites (tertiary alicyclic amines) is 1. The summed E-state index contributed by atoms with van der Waals surface area (Å²) in [5.41, 5.74) is 2.23. The highest BCUT2D eigenvalue weighted by Gasteiger charge is 2.34. The van der Waals surface area contributed by atoms with Crippen molar-refractivity contribution in [2.75, 3.05) is 6.54 Å². The first-order valence-electron chi connectivity index (χ1n) is 8.01. The summed E-state index contributed by atoms with van der Waals surface area (Å²) >= 11 is 0. The summed E-state index contributed by atoms with van der Waals surface area (Å²) in [5.74, 6) is 0.786. The molecule has 0 saturated carbocycles. The molecule has 0 unspecified atom stereocenters. The van der Waals surface area contributed by atoms with Crippen LogP contribution in [0.15, 0.2) is 41.1 Å². The molecule has 1 atom stereocenters. The van der Waals surface area contributed by atoms with Crippen LogP contribution in [-0.4, -0.2) is 42.7 Å². The lowest BCUT2D eigenvalue weighted by Crippen LogP contribution is -2.24. The van der Waals surface area contributed by atoms with Crippen molar-refractivity contribution in [2.24, 2.45) is 0 Å². The van der Waals surface area contributed by atoms with Crippen LogP contribution in [-0.2, 0) is 11.3 Å². The molecule has 126 valence electrons. The molecule has 8 nitrogen and oxygen atoms in total. The summed E-state index contributed by atoms with van der Waals surface area (Å²) in [6.45, 7) is 2.88. The SMILES string of the molecule is Cc1ccc(-c2noc([C@H]3CC(=O)N(Cc4ccccn4)C3)n2)nn1. The van der Waals surface area contributed by atoms with Crippen molar-refractivity contribution >= 4 is 5.91 Å². The van der Waals surface area contributed by atoms with Gasteiger partial charge in [0.2, 0.25) is 17.6 Å². The van der Waals surface area contributed by atoms with E-state index in [0.29, 0.717) is 36.9 Å². The highest BCUT2D eigenvalue weighted by Crippen LogP contribution is 2.29. The van der Waals surface area contributed by atoms with Gasteiger partial charge >= 0.3 is 0 Å². The highest BCUT2D eigenvalue weighted by molar-refractivity contribution is 5.79. The van der Waals surface area contributed by atoms with E-state index in [9.17, 15) is 4.79 Å². The Morgan fingerprint density at radius 2 is 2.16 bits per heavy atom. The van der Waals surface area contributed by atoms with Crippen molar-refractivity contribution in [3.8, 4) is 11.5 Å². The third-order valence-corrected chi connectivity index (χ3v) is 4.11. The fourth-order valence-corrected chi connectivity index (χ4v) is 2.80. The molecule has 1 aliphatic heterocycles. The van der Waals surface area contributed by atoms with Crippen LogP contribution in [0.5, 0.6) is 0 Å². The fraction of sp³-hybridized carbons (Fsp3) is 0.294. The van der Waals surface area contributed by atoms with E-state index >= 15 is 0 Å². The summed E-state index contributed by atoms with van der Waals surface area (Å²) in [7, 11) is 0. The molecule has 0 bridgehead atoms. The lowest BCUT2D eigenvalue weighted by Gasteiger charge is -2.15. The molecule has 4 heterocycles. The predicted octanol–water partition coefficient (Wildman–Crippen LogP) is 1.75. The number of hydrogen-bond donors (Lipinski definition) is 0. The van der Waals surface area contributed by atoms with Crippen LogP contribution in [0.1, 0.15) is 29.6 Å². The number of aryl methyl sites for hydroxylation is 1. The maximum atomic E-state index is 12.3. The first kappa shape index (κ1) is 15.4. The monoisotopic (exact) mass is 336 g/mol. The molecular weight excluding hydrogens is 320 g/mol. The molecule has 1 saturated heterocycles. The van der Waals surface area contributed by atoms with Crippen molar-refractivity contribution in [1.82, 2.24) is 30.2 Å². The Bertz CT molecular complexity index is 878. The van der Waals surface area contributed by atoms with Crippen LogP contribution in [0, 0.1) is 6.92 Å². The van der Waals surface area contributed by atoms with E-state index in [0.717, 1.165) is 11.4 Å². The maximum Gasteiger partial charge on any atom is 0.232 e. The lowest BCUT2D eigenvalue weighted by molar-refractivity contribution is -0.128. The van der Waals surface area contributed by atoms with Gasteiger partial charge < -0.3 is 9.42 Å². The van der Waals surface area contributed by atoms with Crippen LogP contribution >= 0.6 is 0 Å². The molecule has 4 rings (SSSR count). The van der Waals surface area contributed by atoms with Gasteiger partial charge in [0.1, 0.15) is 5.69 Å². The summed E-state index contributed by atoms with van der Waals surface area (Å²) < 4.78 is 5.36. The molecule has 1 amide bonds. The van der Waals surface area contributed by atoms with E-state index in [2.05, 4.69) is 25.3 Å². The number of carbonyl (C=O) groups is 1. The maximum absolute atomic E-state index is 12.3. The van der Waals surface area contributed by atoms with Crippen molar-refractivity contribution in [3.63, 3.8) is 0 Å². The smallest absolute Gasteiger partial charge is 0.232 e. The molecule has 3 aromatic heterocycles. The van der Waals surface area contributed by atoms with Gasteiger partial charge in [0.25, 0.3) is 0 Å². The van der Waals surface area contributed by atoms with Crippen LogP contribution in [0.4, 0.5) is 0 Å². The quantitative estimate of drug-likeness (QED) is 0.715. The van der Waals surface area contributed by atoms with Crippen molar-refractivity contribution in [3.05, 3.63) is 53.8 Å². The Labute approximate surface area is 143 Å². The minimum Gasteiger partial charge on any atom is -0.339 e. The minimum atomic E-state index is -0.115.